The number of hydrogen-bond donors (Lipinski definition) is 2. The molecule has 26 heavy (non-hydrogen) atoms. The lowest BCUT2D eigenvalue weighted by Crippen LogP contribution is -2.44. The van der Waals surface area contributed by atoms with Crippen LogP contribution in [0.15, 0.2) is 24.5 Å². The molecule has 140 valence electrons. The molecule has 3 heterocycles. The zero-order valence-corrected chi connectivity index (χ0v) is 16.1. The Labute approximate surface area is 156 Å². The lowest BCUT2D eigenvalue weighted by atomic mass is 10.0. The highest BCUT2D eigenvalue weighted by atomic mass is 15.2. The van der Waals surface area contributed by atoms with Gasteiger partial charge in [-0.3, -0.25) is 4.98 Å². The van der Waals surface area contributed by atoms with E-state index in [2.05, 4.69) is 50.4 Å². The van der Waals surface area contributed by atoms with E-state index in [0.717, 1.165) is 62.8 Å². The molecule has 1 aliphatic rings. The number of rotatable bonds is 7. The topological polar surface area (TPSA) is 66.0 Å². The van der Waals surface area contributed by atoms with Crippen LogP contribution in [-0.4, -0.2) is 47.2 Å². The van der Waals surface area contributed by atoms with Crippen LogP contribution in [0.1, 0.15) is 36.8 Å². The molecule has 3 rings (SSSR count). The molecule has 0 aliphatic carbocycles. The number of aromatic nitrogens is 3. The highest BCUT2D eigenvalue weighted by Crippen LogP contribution is 2.19. The van der Waals surface area contributed by atoms with Crippen LogP contribution in [0.5, 0.6) is 0 Å². The van der Waals surface area contributed by atoms with Crippen molar-refractivity contribution in [2.75, 3.05) is 36.4 Å². The number of pyridine rings is 1. The van der Waals surface area contributed by atoms with Gasteiger partial charge in [-0.05, 0) is 44.7 Å². The smallest absolute Gasteiger partial charge is 0.132 e. The summed E-state index contributed by atoms with van der Waals surface area (Å²) in [5.74, 6) is 1.96. The number of aryl methyl sites for hydroxylation is 3. The minimum absolute atomic E-state index is 0.583. The zero-order chi connectivity index (χ0) is 18.4. The molecule has 0 radical (unpaired) electrons. The fourth-order valence-electron chi connectivity index (χ4n) is 3.41. The molecule has 0 aromatic carbocycles. The Morgan fingerprint density at radius 3 is 2.69 bits per heavy atom. The third-order valence-electron chi connectivity index (χ3n) is 4.95. The number of nitrogens with zero attached hydrogens (tertiary/aromatic N) is 4. The number of anilines is 2. The number of hydrogen-bond acceptors (Lipinski definition) is 6. The summed E-state index contributed by atoms with van der Waals surface area (Å²) in [6.07, 6.45) is 6.98. The molecule has 2 aromatic heterocycles. The molecule has 1 saturated heterocycles. The largest absolute Gasteiger partial charge is 0.383 e. The van der Waals surface area contributed by atoms with Crippen LogP contribution in [0, 0.1) is 13.8 Å². The van der Waals surface area contributed by atoms with Gasteiger partial charge >= 0.3 is 0 Å². The first-order valence-corrected chi connectivity index (χ1v) is 9.63. The van der Waals surface area contributed by atoms with E-state index in [9.17, 15) is 0 Å². The fraction of sp³-hybridized carbons (Fsp3) is 0.550. The van der Waals surface area contributed by atoms with Crippen LogP contribution in [0.4, 0.5) is 11.5 Å². The van der Waals surface area contributed by atoms with Gasteiger partial charge in [-0.1, -0.05) is 6.92 Å². The van der Waals surface area contributed by atoms with Crippen LogP contribution in [0.3, 0.4) is 0 Å². The Hall–Kier alpha value is -2.21. The molecular formula is C20H30N6. The highest BCUT2D eigenvalue weighted by Gasteiger charge is 2.20. The first kappa shape index (κ1) is 18.6. The van der Waals surface area contributed by atoms with Gasteiger partial charge < -0.3 is 15.5 Å². The molecule has 0 amide bonds. The Morgan fingerprint density at radius 1 is 1.15 bits per heavy atom. The Kier molecular flexibility index (Phi) is 6.39. The predicted octanol–water partition coefficient (Wildman–Crippen LogP) is 2.72. The lowest BCUT2D eigenvalue weighted by Gasteiger charge is -2.33. The predicted molar refractivity (Wildman–Crippen MR) is 107 cm³/mol. The minimum atomic E-state index is 0.583. The summed E-state index contributed by atoms with van der Waals surface area (Å²) >= 11 is 0. The molecule has 6 heteroatoms. The third kappa shape index (κ3) is 4.91. The lowest BCUT2D eigenvalue weighted by molar-refractivity contribution is 0.419. The van der Waals surface area contributed by atoms with Gasteiger partial charge in [-0.15, -0.1) is 0 Å². The van der Waals surface area contributed by atoms with Crippen molar-refractivity contribution < 1.29 is 0 Å². The average molecular weight is 355 g/mol. The first-order chi connectivity index (χ1) is 12.7. The van der Waals surface area contributed by atoms with Crippen molar-refractivity contribution in [3.63, 3.8) is 0 Å². The van der Waals surface area contributed by atoms with Crippen molar-refractivity contribution in [1.82, 2.24) is 20.3 Å². The molecular weight excluding hydrogens is 324 g/mol. The maximum Gasteiger partial charge on any atom is 0.132 e. The second kappa shape index (κ2) is 8.94. The Morgan fingerprint density at radius 2 is 1.96 bits per heavy atom. The van der Waals surface area contributed by atoms with Crippen LogP contribution in [0.25, 0.3) is 0 Å². The zero-order valence-electron chi connectivity index (χ0n) is 16.1. The number of nitrogens with one attached hydrogen (secondary N) is 2. The summed E-state index contributed by atoms with van der Waals surface area (Å²) < 4.78 is 0. The molecule has 1 aliphatic heterocycles. The quantitative estimate of drug-likeness (QED) is 0.746. The highest BCUT2D eigenvalue weighted by molar-refractivity contribution is 5.48. The summed E-state index contributed by atoms with van der Waals surface area (Å²) in [6.45, 7) is 10.2. The van der Waals surface area contributed by atoms with E-state index in [0.29, 0.717) is 6.04 Å². The maximum atomic E-state index is 4.63. The van der Waals surface area contributed by atoms with Gasteiger partial charge in [0, 0.05) is 62.1 Å². The molecule has 1 fully saturated rings. The van der Waals surface area contributed by atoms with Gasteiger partial charge in [-0.25, -0.2) is 9.97 Å². The summed E-state index contributed by atoms with van der Waals surface area (Å²) in [5.41, 5.74) is 3.49. The first-order valence-electron chi connectivity index (χ1n) is 9.63. The number of piperidine rings is 1. The average Bonchev–Trinajstić information content (AvgIpc) is 2.66. The third-order valence-corrected chi connectivity index (χ3v) is 4.95. The van der Waals surface area contributed by atoms with Gasteiger partial charge in [-0.2, -0.15) is 0 Å². The van der Waals surface area contributed by atoms with Crippen molar-refractivity contribution in [1.29, 1.82) is 0 Å². The normalized spacial score (nSPS) is 15.3. The summed E-state index contributed by atoms with van der Waals surface area (Å²) in [5, 5.41) is 7.16. The van der Waals surface area contributed by atoms with Crippen molar-refractivity contribution in [3.05, 3.63) is 41.6 Å². The van der Waals surface area contributed by atoms with E-state index in [4.69, 9.17) is 0 Å². The van der Waals surface area contributed by atoms with E-state index in [1.807, 2.05) is 25.4 Å². The van der Waals surface area contributed by atoms with Crippen molar-refractivity contribution >= 4 is 11.5 Å². The molecule has 0 spiro atoms. The van der Waals surface area contributed by atoms with E-state index in [1.54, 1.807) is 0 Å². The SMILES string of the molecule is CCc1cc(N2CCC(NCCNc3ccncc3C)CC2)nc(C)n1. The van der Waals surface area contributed by atoms with Gasteiger partial charge in [0.05, 0.1) is 0 Å². The summed E-state index contributed by atoms with van der Waals surface area (Å²) in [4.78, 5) is 15.6. The Bertz CT molecular complexity index is 709. The van der Waals surface area contributed by atoms with E-state index in [1.165, 1.54) is 11.3 Å². The standard InChI is InChI=1S/C20H30N6/c1-4-17-13-20(25-16(3)24-17)26-11-6-18(7-12-26)22-9-10-23-19-5-8-21-14-15(19)2/h5,8,13-14,18,22H,4,6-7,9-12H2,1-3H3,(H,21,23). The second-order valence-corrected chi connectivity index (χ2v) is 6.95. The maximum absolute atomic E-state index is 4.63. The van der Waals surface area contributed by atoms with E-state index >= 15 is 0 Å². The molecule has 0 saturated carbocycles. The Balaban J connectivity index is 1.41. The monoisotopic (exact) mass is 354 g/mol. The van der Waals surface area contributed by atoms with Crippen LogP contribution >= 0.6 is 0 Å². The molecule has 0 atom stereocenters. The van der Waals surface area contributed by atoms with Crippen LogP contribution in [0.2, 0.25) is 0 Å². The van der Waals surface area contributed by atoms with Crippen molar-refractivity contribution in [3.8, 4) is 0 Å². The summed E-state index contributed by atoms with van der Waals surface area (Å²) in [6, 6.07) is 4.75. The van der Waals surface area contributed by atoms with Gasteiger partial charge in [0.2, 0.25) is 0 Å². The van der Waals surface area contributed by atoms with Crippen molar-refractivity contribution in [2.45, 2.75) is 46.1 Å². The van der Waals surface area contributed by atoms with Gasteiger partial charge in [0.25, 0.3) is 0 Å². The molecule has 6 nitrogen and oxygen atoms in total. The van der Waals surface area contributed by atoms with Gasteiger partial charge in [0.1, 0.15) is 11.6 Å². The van der Waals surface area contributed by atoms with Crippen LogP contribution in [-0.2, 0) is 6.42 Å². The van der Waals surface area contributed by atoms with E-state index in [-0.39, 0.29) is 0 Å². The van der Waals surface area contributed by atoms with Crippen molar-refractivity contribution in [2.24, 2.45) is 0 Å². The molecule has 2 aromatic rings. The van der Waals surface area contributed by atoms with Gasteiger partial charge in [0.15, 0.2) is 0 Å². The summed E-state index contributed by atoms with van der Waals surface area (Å²) in [7, 11) is 0. The molecule has 0 unspecified atom stereocenters. The second-order valence-electron chi connectivity index (χ2n) is 6.95. The molecule has 2 N–H and O–H groups in total. The fourth-order valence-corrected chi connectivity index (χ4v) is 3.41. The molecule has 0 bridgehead atoms. The van der Waals surface area contributed by atoms with E-state index < -0.39 is 0 Å². The van der Waals surface area contributed by atoms with Crippen LogP contribution < -0.4 is 15.5 Å². The minimum Gasteiger partial charge on any atom is -0.383 e.